The zero-order chi connectivity index (χ0) is 49.3. The van der Waals surface area contributed by atoms with E-state index in [9.17, 15) is 14.4 Å². The summed E-state index contributed by atoms with van der Waals surface area (Å²) in [4.78, 5) is 38.1. The van der Waals surface area contributed by atoms with E-state index < -0.39 is 6.10 Å². The van der Waals surface area contributed by atoms with Crippen molar-refractivity contribution in [1.29, 1.82) is 0 Å². The van der Waals surface area contributed by atoms with Crippen LogP contribution in [0.2, 0.25) is 0 Å². The second-order valence-electron chi connectivity index (χ2n) is 18.5. The van der Waals surface area contributed by atoms with E-state index in [1.165, 1.54) is 116 Å². The first kappa shape index (κ1) is 64.3. The van der Waals surface area contributed by atoms with Gasteiger partial charge in [0, 0.05) is 19.3 Å². The molecule has 0 radical (unpaired) electrons. The first-order valence-corrected chi connectivity index (χ1v) is 28.3. The second kappa shape index (κ2) is 55.9. The molecule has 388 valence electrons. The van der Waals surface area contributed by atoms with Gasteiger partial charge in [0.15, 0.2) is 6.10 Å². The number of allylic oxidation sites excluding steroid dienone is 16. The Morgan fingerprint density at radius 3 is 0.985 bits per heavy atom. The lowest BCUT2D eigenvalue weighted by molar-refractivity contribution is -0.167. The highest BCUT2D eigenvalue weighted by atomic mass is 16.6. The molecule has 0 aromatic carbocycles. The summed E-state index contributed by atoms with van der Waals surface area (Å²) in [5.74, 6) is -0.993. The van der Waals surface area contributed by atoms with Crippen LogP contribution in [0.4, 0.5) is 0 Å². The Morgan fingerprint density at radius 2 is 0.588 bits per heavy atom. The molecule has 0 aliphatic rings. The van der Waals surface area contributed by atoms with E-state index in [4.69, 9.17) is 14.2 Å². The van der Waals surface area contributed by atoms with Crippen LogP contribution in [0.15, 0.2) is 97.2 Å². The van der Waals surface area contributed by atoms with E-state index in [1.807, 2.05) is 0 Å². The zero-order valence-corrected chi connectivity index (χ0v) is 44.3. The molecule has 0 rings (SSSR count). The molecule has 0 heterocycles. The SMILES string of the molecule is CCCCC/C=C\C=C/CCCCCCCCC(=O)OCC(COC(=O)CCCCCCC/C=C\C=C/CCCCCCCCC)OC(=O)CCC/C=C\C/C=C\C/C=C\C/C=C\CCCCC. The Bertz CT molecular complexity index is 1360. The first-order valence-electron chi connectivity index (χ1n) is 28.3. The topological polar surface area (TPSA) is 78.9 Å². The molecular weight excluding hydrogens is 841 g/mol. The minimum absolute atomic E-state index is 0.111. The Morgan fingerprint density at radius 1 is 0.309 bits per heavy atom. The van der Waals surface area contributed by atoms with Gasteiger partial charge in [-0.2, -0.15) is 0 Å². The van der Waals surface area contributed by atoms with Crippen LogP contribution < -0.4 is 0 Å². The molecule has 0 saturated carbocycles. The molecule has 0 spiro atoms. The second-order valence-corrected chi connectivity index (χ2v) is 18.5. The fourth-order valence-corrected chi connectivity index (χ4v) is 7.53. The molecule has 6 heteroatoms. The van der Waals surface area contributed by atoms with Gasteiger partial charge in [-0.1, -0.05) is 227 Å². The summed E-state index contributed by atoms with van der Waals surface area (Å²) in [6, 6.07) is 0. The maximum Gasteiger partial charge on any atom is 0.306 e. The number of hydrogen-bond acceptors (Lipinski definition) is 6. The molecule has 1 unspecified atom stereocenters. The van der Waals surface area contributed by atoms with Gasteiger partial charge in [-0.25, -0.2) is 0 Å². The minimum atomic E-state index is -0.819. The van der Waals surface area contributed by atoms with E-state index in [0.29, 0.717) is 19.3 Å². The third kappa shape index (κ3) is 53.3. The van der Waals surface area contributed by atoms with Gasteiger partial charge in [0.25, 0.3) is 0 Å². The standard InChI is InChI=1S/C62H104O6/c1-4-7-10-13-16-19-22-25-28-30-32-34-37-40-43-46-49-52-55-61(64)67-58-59(57-66-60(63)54-51-48-45-42-39-36-33-27-24-21-18-15-12-9-6-3)68-62(65)56-53-50-47-44-41-38-35-31-29-26-23-20-17-14-11-8-5-2/h17-18,20-21,24,26-30,32,34-35,38,44,47,59H,4-16,19,22-23,25,31,33,36-37,39-43,45-46,48-58H2,1-3H3/b20-17-,21-18-,27-24-,29-26-,30-28-,34-32-,38-35-,47-44-. The van der Waals surface area contributed by atoms with E-state index in [-0.39, 0.29) is 37.5 Å². The van der Waals surface area contributed by atoms with Crippen LogP contribution >= 0.6 is 0 Å². The molecule has 68 heavy (non-hydrogen) atoms. The lowest BCUT2D eigenvalue weighted by atomic mass is 10.1. The van der Waals surface area contributed by atoms with Crippen LogP contribution in [-0.4, -0.2) is 37.2 Å². The van der Waals surface area contributed by atoms with Crippen molar-refractivity contribution in [2.24, 2.45) is 0 Å². The zero-order valence-electron chi connectivity index (χ0n) is 44.3. The lowest BCUT2D eigenvalue weighted by Crippen LogP contribution is -2.30. The summed E-state index contributed by atoms with van der Waals surface area (Å²) in [7, 11) is 0. The fourth-order valence-electron chi connectivity index (χ4n) is 7.53. The average Bonchev–Trinajstić information content (AvgIpc) is 3.34. The van der Waals surface area contributed by atoms with Gasteiger partial charge in [-0.15, -0.1) is 0 Å². The number of esters is 3. The third-order valence-corrected chi connectivity index (χ3v) is 11.8. The van der Waals surface area contributed by atoms with Crippen LogP contribution in [0.25, 0.3) is 0 Å². The predicted molar refractivity (Wildman–Crippen MR) is 293 cm³/mol. The normalized spacial score (nSPS) is 12.8. The molecule has 0 N–H and O–H groups in total. The van der Waals surface area contributed by atoms with Gasteiger partial charge in [-0.05, 0) is 109 Å². The van der Waals surface area contributed by atoms with Gasteiger partial charge in [0.05, 0.1) is 0 Å². The summed E-state index contributed by atoms with van der Waals surface area (Å²) >= 11 is 0. The van der Waals surface area contributed by atoms with Crippen molar-refractivity contribution in [2.75, 3.05) is 13.2 Å². The maximum absolute atomic E-state index is 12.8. The minimum Gasteiger partial charge on any atom is -0.462 e. The molecule has 0 fully saturated rings. The Balaban J connectivity index is 4.52. The molecular formula is C62H104O6. The van der Waals surface area contributed by atoms with Crippen molar-refractivity contribution in [3.05, 3.63) is 97.2 Å². The first-order chi connectivity index (χ1) is 33.5. The average molecular weight is 946 g/mol. The molecule has 1 atom stereocenters. The molecule has 0 aromatic rings. The summed E-state index contributed by atoms with van der Waals surface area (Å²) in [5.41, 5.74) is 0. The fraction of sp³-hybridized carbons (Fsp3) is 0.694. The van der Waals surface area contributed by atoms with Crippen LogP contribution in [0.1, 0.15) is 258 Å². The van der Waals surface area contributed by atoms with Gasteiger partial charge in [0.2, 0.25) is 0 Å². The number of carbonyl (C=O) groups excluding carboxylic acids is 3. The van der Waals surface area contributed by atoms with Gasteiger partial charge in [0.1, 0.15) is 13.2 Å². The van der Waals surface area contributed by atoms with Crippen LogP contribution in [-0.2, 0) is 28.6 Å². The Labute approximate surface area is 419 Å². The molecule has 0 amide bonds. The van der Waals surface area contributed by atoms with Crippen LogP contribution in [0.3, 0.4) is 0 Å². The van der Waals surface area contributed by atoms with E-state index in [1.54, 1.807) is 0 Å². The highest BCUT2D eigenvalue weighted by molar-refractivity contribution is 5.71. The van der Waals surface area contributed by atoms with Crippen molar-refractivity contribution in [1.82, 2.24) is 0 Å². The van der Waals surface area contributed by atoms with Crippen molar-refractivity contribution in [3.63, 3.8) is 0 Å². The van der Waals surface area contributed by atoms with Crippen molar-refractivity contribution < 1.29 is 28.6 Å². The largest absolute Gasteiger partial charge is 0.462 e. The van der Waals surface area contributed by atoms with Gasteiger partial charge in [-0.3, -0.25) is 14.4 Å². The van der Waals surface area contributed by atoms with Gasteiger partial charge >= 0.3 is 17.9 Å². The quantitative estimate of drug-likeness (QED) is 0.0199. The number of unbranched alkanes of at least 4 members (excludes halogenated alkanes) is 25. The summed E-state index contributed by atoms with van der Waals surface area (Å²) in [5, 5.41) is 0. The van der Waals surface area contributed by atoms with Crippen molar-refractivity contribution in [3.8, 4) is 0 Å². The molecule has 0 saturated heterocycles. The molecule has 0 aromatic heterocycles. The Hall–Kier alpha value is -3.67. The van der Waals surface area contributed by atoms with E-state index in [0.717, 1.165) is 96.3 Å². The molecule has 0 aliphatic heterocycles. The van der Waals surface area contributed by atoms with Crippen molar-refractivity contribution in [2.45, 2.75) is 264 Å². The van der Waals surface area contributed by atoms with Crippen molar-refractivity contribution >= 4 is 17.9 Å². The lowest BCUT2D eigenvalue weighted by Gasteiger charge is -2.18. The summed E-state index contributed by atoms with van der Waals surface area (Å²) in [6.07, 6.45) is 73.9. The monoisotopic (exact) mass is 945 g/mol. The molecule has 0 bridgehead atoms. The van der Waals surface area contributed by atoms with E-state index in [2.05, 4.69) is 118 Å². The number of hydrogen-bond donors (Lipinski definition) is 0. The third-order valence-electron chi connectivity index (χ3n) is 11.8. The summed E-state index contributed by atoms with van der Waals surface area (Å²) in [6.45, 7) is 6.51. The highest BCUT2D eigenvalue weighted by Crippen LogP contribution is 2.13. The summed E-state index contributed by atoms with van der Waals surface area (Å²) < 4.78 is 16.8. The van der Waals surface area contributed by atoms with Crippen LogP contribution in [0, 0.1) is 0 Å². The Kier molecular flexibility index (Phi) is 52.9. The smallest absolute Gasteiger partial charge is 0.306 e. The number of rotatable bonds is 50. The maximum atomic E-state index is 12.8. The number of carbonyl (C=O) groups is 3. The highest BCUT2D eigenvalue weighted by Gasteiger charge is 2.19. The molecule has 6 nitrogen and oxygen atoms in total. The predicted octanol–water partition coefficient (Wildman–Crippen LogP) is 18.9. The molecule has 0 aliphatic carbocycles. The van der Waals surface area contributed by atoms with Gasteiger partial charge < -0.3 is 14.2 Å². The van der Waals surface area contributed by atoms with Crippen LogP contribution in [0.5, 0.6) is 0 Å². The van der Waals surface area contributed by atoms with E-state index >= 15 is 0 Å². The number of ether oxygens (including phenoxy) is 3.